The molecule has 1 fully saturated rings. The van der Waals surface area contributed by atoms with Gasteiger partial charge in [0, 0.05) is 0 Å². The molecule has 0 atom stereocenters. The average molecular weight is 403 g/mol. The lowest BCUT2D eigenvalue weighted by atomic mass is 9.87. The van der Waals surface area contributed by atoms with Gasteiger partial charge in [-0.05, 0) is 88.8 Å². The summed E-state index contributed by atoms with van der Waals surface area (Å²) in [4.78, 5) is 22.3. The van der Waals surface area contributed by atoms with E-state index < -0.39 is 17.4 Å². The van der Waals surface area contributed by atoms with Gasteiger partial charge >= 0.3 is 11.9 Å². The summed E-state index contributed by atoms with van der Waals surface area (Å²) in [5.74, 6) is -1.31. The first kappa shape index (κ1) is 23.4. The van der Waals surface area contributed by atoms with Gasteiger partial charge < -0.3 is 10.2 Å². The van der Waals surface area contributed by atoms with Gasteiger partial charge in [0.15, 0.2) is 0 Å². The SMILES string of the molecule is Cc1cc(CCCCCCC(C)(C)C(=O)O)ccc1CCCCC1(C(=O)O)CC1. The van der Waals surface area contributed by atoms with Crippen LogP contribution >= 0.6 is 0 Å². The minimum absolute atomic E-state index is 0.387. The Bertz CT molecular complexity index is 701. The molecule has 29 heavy (non-hydrogen) atoms. The van der Waals surface area contributed by atoms with E-state index in [1.807, 2.05) is 0 Å². The normalized spacial score (nSPS) is 15.3. The van der Waals surface area contributed by atoms with Crippen LogP contribution in [0.3, 0.4) is 0 Å². The molecule has 4 nitrogen and oxygen atoms in total. The van der Waals surface area contributed by atoms with Gasteiger partial charge in [-0.25, -0.2) is 0 Å². The molecule has 0 radical (unpaired) electrons. The van der Waals surface area contributed by atoms with E-state index in [9.17, 15) is 14.7 Å². The molecule has 2 N–H and O–H groups in total. The number of unbranched alkanes of at least 4 members (excludes halogenated alkanes) is 4. The number of carbonyl (C=O) groups is 2. The molecule has 1 aromatic rings. The Morgan fingerprint density at radius 2 is 1.62 bits per heavy atom. The lowest BCUT2D eigenvalue weighted by Crippen LogP contribution is -2.23. The molecule has 1 aromatic carbocycles. The summed E-state index contributed by atoms with van der Waals surface area (Å²) in [5.41, 5.74) is 3.09. The van der Waals surface area contributed by atoms with Crippen molar-refractivity contribution in [2.45, 2.75) is 97.8 Å². The van der Waals surface area contributed by atoms with Crippen LogP contribution in [-0.4, -0.2) is 22.2 Å². The molecule has 1 saturated carbocycles. The van der Waals surface area contributed by atoms with E-state index in [-0.39, 0.29) is 5.41 Å². The van der Waals surface area contributed by atoms with Crippen LogP contribution in [0, 0.1) is 17.8 Å². The zero-order valence-corrected chi connectivity index (χ0v) is 18.4. The number of aliphatic carboxylic acids is 2. The van der Waals surface area contributed by atoms with Crippen molar-refractivity contribution >= 4 is 11.9 Å². The minimum atomic E-state index is -0.706. The van der Waals surface area contributed by atoms with Gasteiger partial charge in [-0.1, -0.05) is 43.9 Å². The van der Waals surface area contributed by atoms with E-state index in [1.165, 1.54) is 16.7 Å². The van der Waals surface area contributed by atoms with Crippen LogP contribution in [0.1, 0.15) is 94.7 Å². The van der Waals surface area contributed by atoms with Crippen molar-refractivity contribution in [1.82, 2.24) is 0 Å². The highest BCUT2D eigenvalue weighted by Gasteiger charge is 2.49. The van der Waals surface area contributed by atoms with E-state index in [0.29, 0.717) is 0 Å². The standard InChI is InChI=1S/C25H38O4/c1-19-18-20(10-6-4-5-8-14-24(2,3)22(26)27)12-13-21(19)11-7-9-15-25(16-17-25)23(28)29/h12-13,18H,4-11,14-17H2,1-3H3,(H,26,27)(H,28,29). The Kier molecular flexibility index (Phi) is 8.30. The van der Waals surface area contributed by atoms with Gasteiger partial charge in [0.05, 0.1) is 10.8 Å². The average Bonchev–Trinajstić information content (AvgIpc) is 3.44. The van der Waals surface area contributed by atoms with Crippen molar-refractivity contribution in [3.63, 3.8) is 0 Å². The van der Waals surface area contributed by atoms with Gasteiger partial charge in [0.1, 0.15) is 0 Å². The molecular weight excluding hydrogens is 364 g/mol. The van der Waals surface area contributed by atoms with E-state index >= 15 is 0 Å². The van der Waals surface area contributed by atoms with Crippen molar-refractivity contribution in [3.8, 4) is 0 Å². The van der Waals surface area contributed by atoms with Gasteiger partial charge in [0.2, 0.25) is 0 Å². The largest absolute Gasteiger partial charge is 0.481 e. The second-order valence-corrected chi connectivity index (χ2v) is 9.66. The third kappa shape index (κ3) is 7.17. The summed E-state index contributed by atoms with van der Waals surface area (Å²) in [5, 5.41) is 18.4. The Morgan fingerprint density at radius 3 is 2.21 bits per heavy atom. The number of aryl methyl sites for hydroxylation is 3. The van der Waals surface area contributed by atoms with Crippen LogP contribution < -0.4 is 0 Å². The first-order valence-electron chi connectivity index (χ1n) is 11.2. The van der Waals surface area contributed by atoms with Crippen LogP contribution in [0.5, 0.6) is 0 Å². The minimum Gasteiger partial charge on any atom is -0.481 e. The van der Waals surface area contributed by atoms with Crippen molar-refractivity contribution in [1.29, 1.82) is 0 Å². The quantitative estimate of drug-likeness (QED) is 0.365. The predicted octanol–water partition coefficient (Wildman–Crippen LogP) is 6.18. The number of rotatable bonds is 14. The molecule has 1 aliphatic carbocycles. The number of hydrogen-bond donors (Lipinski definition) is 2. The van der Waals surface area contributed by atoms with E-state index in [4.69, 9.17) is 5.11 Å². The molecule has 2 rings (SSSR count). The van der Waals surface area contributed by atoms with Crippen molar-refractivity contribution in [2.24, 2.45) is 10.8 Å². The maximum absolute atomic E-state index is 11.2. The molecule has 162 valence electrons. The van der Waals surface area contributed by atoms with Gasteiger partial charge in [0.25, 0.3) is 0 Å². The Hall–Kier alpha value is -1.84. The van der Waals surface area contributed by atoms with Crippen LogP contribution in [-0.2, 0) is 22.4 Å². The van der Waals surface area contributed by atoms with E-state index in [2.05, 4.69) is 25.1 Å². The summed E-state index contributed by atoms with van der Waals surface area (Å²) in [6, 6.07) is 6.77. The molecule has 0 spiro atoms. The molecule has 0 bridgehead atoms. The highest BCUT2D eigenvalue weighted by atomic mass is 16.4. The van der Waals surface area contributed by atoms with Gasteiger partial charge in [-0.3, -0.25) is 9.59 Å². The maximum Gasteiger partial charge on any atom is 0.309 e. The summed E-state index contributed by atoms with van der Waals surface area (Å²) in [6.07, 6.45) is 11.8. The molecule has 1 aliphatic rings. The zero-order valence-electron chi connectivity index (χ0n) is 18.4. The predicted molar refractivity (Wildman–Crippen MR) is 116 cm³/mol. The third-order valence-corrected chi connectivity index (χ3v) is 6.66. The molecular formula is C25H38O4. The fraction of sp³-hybridized carbons (Fsp3) is 0.680. The first-order valence-corrected chi connectivity index (χ1v) is 11.2. The molecule has 4 heteroatoms. The highest BCUT2D eigenvalue weighted by molar-refractivity contribution is 5.77. The third-order valence-electron chi connectivity index (χ3n) is 6.66. The van der Waals surface area contributed by atoms with Crippen molar-refractivity contribution < 1.29 is 19.8 Å². The zero-order chi connectivity index (χ0) is 21.5. The summed E-state index contributed by atoms with van der Waals surface area (Å²) < 4.78 is 0. The van der Waals surface area contributed by atoms with Crippen LogP contribution in [0.25, 0.3) is 0 Å². The second-order valence-electron chi connectivity index (χ2n) is 9.66. The second kappa shape index (κ2) is 10.3. The molecule has 0 amide bonds. The molecule has 0 saturated heterocycles. The van der Waals surface area contributed by atoms with Crippen molar-refractivity contribution in [2.75, 3.05) is 0 Å². The number of carboxylic acid groups (broad SMARTS) is 2. The number of hydrogen-bond acceptors (Lipinski definition) is 2. The monoisotopic (exact) mass is 402 g/mol. The number of benzene rings is 1. The number of carboxylic acids is 2. The topological polar surface area (TPSA) is 74.6 Å². The van der Waals surface area contributed by atoms with Crippen LogP contribution in [0.2, 0.25) is 0 Å². The highest BCUT2D eigenvalue weighted by Crippen LogP contribution is 2.50. The maximum atomic E-state index is 11.2. The molecule has 0 unspecified atom stereocenters. The van der Waals surface area contributed by atoms with E-state index in [0.717, 1.165) is 77.0 Å². The van der Waals surface area contributed by atoms with E-state index in [1.54, 1.807) is 13.8 Å². The Labute approximate surface area is 175 Å². The summed E-state index contributed by atoms with van der Waals surface area (Å²) in [6.45, 7) is 5.78. The molecule has 0 aromatic heterocycles. The van der Waals surface area contributed by atoms with Crippen LogP contribution in [0.4, 0.5) is 0 Å². The first-order chi connectivity index (χ1) is 13.7. The van der Waals surface area contributed by atoms with Crippen molar-refractivity contribution in [3.05, 3.63) is 34.9 Å². The fourth-order valence-electron chi connectivity index (χ4n) is 4.05. The Balaban J connectivity index is 1.63. The Morgan fingerprint density at radius 1 is 0.966 bits per heavy atom. The summed E-state index contributed by atoms with van der Waals surface area (Å²) >= 11 is 0. The molecule has 0 aliphatic heterocycles. The van der Waals surface area contributed by atoms with Crippen LogP contribution in [0.15, 0.2) is 18.2 Å². The smallest absolute Gasteiger partial charge is 0.309 e. The molecule has 0 heterocycles. The van der Waals surface area contributed by atoms with Gasteiger partial charge in [-0.15, -0.1) is 0 Å². The fourth-order valence-corrected chi connectivity index (χ4v) is 4.05. The summed E-state index contributed by atoms with van der Waals surface area (Å²) in [7, 11) is 0. The van der Waals surface area contributed by atoms with Gasteiger partial charge in [-0.2, -0.15) is 0 Å². The lowest BCUT2D eigenvalue weighted by Gasteiger charge is -2.18. The lowest BCUT2D eigenvalue weighted by molar-refractivity contribution is -0.147.